The zero-order chi connectivity index (χ0) is 14.8. The lowest BCUT2D eigenvalue weighted by Crippen LogP contribution is -2.14. The van der Waals surface area contributed by atoms with Gasteiger partial charge in [-0.15, -0.1) is 0 Å². The van der Waals surface area contributed by atoms with Crippen LogP contribution in [0.2, 0.25) is 5.15 Å². The Kier molecular flexibility index (Phi) is 3.91. The van der Waals surface area contributed by atoms with Gasteiger partial charge in [-0.25, -0.2) is 18.2 Å². The van der Waals surface area contributed by atoms with Crippen LogP contribution in [0.3, 0.4) is 0 Å². The second-order valence-corrected chi connectivity index (χ2v) is 5.79. The minimum atomic E-state index is -3.92. The van der Waals surface area contributed by atoms with E-state index in [0.717, 1.165) is 0 Å². The molecule has 0 unspecified atom stereocenters. The van der Waals surface area contributed by atoms with Gasteiger partial charge in [0.25, 0.3) is 10.0 Å². The lowest BCUT2D eigenvalue weighted by molar-refractivity contribution is 0.0697. The molecule has 1 heterocycles. The number of aromatic nitrogens is 1. The van der Waals surface area contributed by atoms with Gasteiger partial charge in [0.2, 0.25) is 0 Å². The maximum absolute atomic E-state index is 12.1. The molecular weight excluding hydrogens is 304 g/mol. The van der Waals surface area contributed by atoms with Crippen LogP contribution in [-0.4, -0.2) is 24.5 Å². The summed E-state index contributed by atoms with van der Waals surface area (Å²) in [6.07, 6.45) is 1.37. The number of carboxylic acids is 1. The molecule has 2 aromatic rings. The Morgan fingerprint density at radius 3 is 2.65 bits per heavy atom. The van der Waals surface area contributed by atoms with Gasteiger partial charge in [-0.05, 0) is 30.3 Å². The Hall–Kier alpha value is -2.12. The highest BCUT2D eigenvalue weighted by atomic mass is 35.5. The molecule has 8 heteroatoms. The van der Waals surface area contributed by atoms with Crippen LogP contribution in [0.15, 0.2) is 47.5 Å². The van der Waals surface area contributed by atoms with E-state index in [1.54, 1.807) is 0 Å². The summed E-state index contributed by atoms with van der Waals surface area (Å²) >= 11 is 5.73. The van der Waals surface area contributed by atoms with Gasteiger partial charge in [0.1, 0.15) is 10.0 Å². The largest absolute Gasteiger partial charge is 0.478 e. The zero-order valence-corrected chi connectivity index (χ0v) is 11.5. The topological polar surface area (TPSA) is 96.4 Å². The van der Waals surface area contributed by atoms with Gasteiger partial charge in [0.05, 0.1) is 5.56 Å². The predicted molar refractivity (Wildman–Crippen MR) is 73.5 cm³/mol. The Balaban J connectivity index is 2.36. The first-order valence-corrected chi connectivity index (χ1v) is 7.23. The van der Waals surface area contributed by atoms with Crippen LogP contribution in [0.4, 0.5) is 5.69 Å². The third-order valence-corrected chi connectivity index (χ3v) is 4.20. The van der Waals surface area contributed by atoms with E-state index in [2.05, 4.69) is 9.71 Å². The normalized spacial score (nSPS) is 11.1. The Labute approximate surface area is 120 Å². The number of hydrogen-bond donors (Lipinski definition) is 2. The second kappa shape index (κ2) is 5.48. The van der Waals surface area contributed by atoms with E-state index in [4.69, 9.17) is 16.7 Å². The van der Waals surface area contributed by atoms with Crippen molar-refractivity contribution >= 4 is 33.3 Å². The van der Waals surface area contributed by atoms with E-state index in [1.807, 2.05) is 0 Å². The molecule has 0 atom stereocenters. The van der Waals surface area contributed by atoms with Gasteiger partial charge in [-0.3, -0.25) is 4.72 Å². The van der Waals surface area contributed by atoms with Crippen LogP contribution < -0.4 is 4.72 Å². The third-order valence-electron chi connectivity index (χ3n) is 2.38. The molecule has 104 valence electrons. The van der Waals surface area contributed by atoms with E-state index in [-0.39, 0.29) is 21.3 Å². The molecule has 0 aliphatic heterocycles. The molecule has 1 aromatic heterocycles. The Bertz CT molecular complexity index is 762. The summed E-state index contributed by atoms with van der Waals surface area (Å²) in [5.74, 6) is -1.15. The molecule has 0 aliphatic carbocycles. The molecule has 0 aliphatic rings. The van der Waals surface area contributed by atoms with Crippen LogP contribution in [0.5, 0.6) is 0 Å². The lowest BCUT2D eigenvalue weighted by Gasteiger charge is -2.09. The smallest absolute Gasteiger partial charge is 0.335 e. The number of halogens is 1. The van der Waals surface area contributed by atoms with Crippen LogP contribution in [0.1, 0.15) is 10.4 Å². The number of benzene rings is 1. The number of nitrogens with zero attached hydrogens (tertiary/aromatic N) is 1. The highest BCUT2D eigenvalue weighted by molar-refractivity contribution is 7.92. The van der Waals surface area contributed by atoms with Crippen molar-refractivity contribution in [1.82, 2.24) is 4.98 Å². The molecule has 0 saturated heterocycles. The fourth-order valence-corrected chi connectivity index (χ4v) is 3.00. The number of rotatable bonds is 4. The fraction of sp³-hybridized carbons (Fsp3) is 0. The molecule has 2 rings (SSSR count). The maximum Gasteiger partial charge on any atom is 0.335 e. The lowest BCUT2D eigenvalue weighted by atomic mass is 10.2. The first-order valence-electron chi connectivity index (χ1n) is 5.37. The minimum absolute atomic E-state index is 0.0255. The van der Waals surface area contributed by atoms with Crippen molar-refractivity contribution in [3.63, 3.8) is 0 Å². The molecule has 0 amide bonds. The SMILES string of the molecule is O=C(O)c1cccc(NS(=O)(=O)c2cccnc2Cl)c1. The van der Waals surface area contributed by atoms with Gasteiger partial charge < -0.3 is 5.11 Å². The minimum Gasteiger partial charge on any atom is -0.478 e. The first-order chi connectivity index (χ1) is 9.40. The van der Waals surface area contributed by atoms with Crippen molar-refractivity contribution in [3.05, 3.63) is 53.3 Å². The molecule has 0 fully saturated rings. The summed E-state index contributed by atoms with van der Waals surface area (Å²) in [6.45, 7) is 0. The quantitative estimate of drug-likeness (QED) is 0.844. The summed E-state index contributed by atoms with van der Waals surface area (Å²) in [6, 6.07) is 8.19. The number of pyridine rings is 1. The summed E-state index contributed by atoms with van der Waals surface area (Å²) in [7, 11) is -3.92. The van der Waals surface area contributed by atoms with Crippen LogP contribution in [-0.2, 0) is 10.0 Å². The van der Waals surface area contributed by atoms with E-state index in [9.17, 15) is 13.2 Å². The van der Waals surface area contributed by atoms with Crippen LogP contribution in [0.25, 0.3) is 0 Å². The first kappa shape index (κ1) is 14.3. The van der Waals surface area contributed by atoms with Gasteiger partial charge in [0, 0.05) is 11.9 Å². The molecule has 0 spiro atoms. The Morgan fingerprint density at radius 1 is 1.25 bits per heavy atom. The van der Waals surface area contributed by atoms with Gasteiger partial charge >= 0.3 is 5.97 Å². The average Bonchev–Trinajstić information content (AvgIpc) is 2.38. The molecule has 1 aromatic carbocycles. The van der Waals surface area contributed by atoms with Gasteiger partial charge in [0.15, 0.2) is 0 Å². The number of carboxylic acid groups (broad SMARTS) is 1. The van der Waals surface area contributed by atoms with Crippen LogP contribution in [0, 0.1) is 0 Å². The molecule has 2 N–H and O–H groups in total. The third kappa shape index (κ3) is 3.06. The number of aromatic carboxylic acids is 1. The van der Waals surface area contributed by atoms with E-state index < -0.39 is 16.0 Å². The molecule has 0 bridgehead atoms. The van der Waals surface area contributed by atoms with Crippen molar-refractivity contribution in [1.29, 1.82) is 0 Å². The van der Waals surface area contributed by atoms with E-state index in [1.165, 1.54) is 42.6 Å². The molecule has 0 radical (unpaired) electrons. The number of nitrogens with one attached hydrogen (secondary N) is 1. The van der Waals surface area contributed by atoms with Crippen molar-refractivity contribution in [2.45, 2.75) is 4.90 Å². The van der Waals surface area contributed by atoms with Gasteiger partial charge in [-0.1, -0.05) is 17.7 Å². The van der Waals surface area contributed by atoms with Crippen LogP contribution >= 0.6 is 11.6 Å². The maximum atomic E-state index is 12.1. The number of hydrogen-bond acceptors (Lipinski definition) is 4. The molecular formula is C12H9ClN2O4S. The number of anilines is 1. The zero-order valence-electron chi connectivity index (χ0n) is 9.95. The van der Waals surface area contributed by atoms with Crippen molar-refractivity contribution in [2.75, 3.05) is 4.72 Å². The Morgan fingerprint density at radius 2 is 2.00 bits per heavy atom. The summed E-state index contributed by atoms with van der Waals surface area (Å²) in [5.41, 5.74) is 0.104. The summed E-state index contributed by atoms with van der Waals surface area (Å²) in [4.78, 5) is 14.3. The van der Waals surface area contributed by atoms with Crippen molar-refractivity contribution in [3.8, 4) is 0 Å². The average molecular weight is 313 g/mol. The van der Waals surface area contributed by atoms with Gasteiger partial charge in [-0.2, -0.15) is 0 Å². The summed E-state index contributed by atoms with van der Waals surface area (Å²) < 4.78 is 26.5. The molecule has 6 nitrogen and oxygen atoms in total. The second-order valence-electron chi connectivity index (χ2n) is 3.78. The predicted octanol–water partition coefficient (Wildman–Crippen LogP) is 2.23. The highest BCUT2D eigenvalue weighted by Gasteiger charge is 2.18. The van der Waals surface area contributed by atoms with Crippen molar-refractivity contribution in [2.24, 2.45) is 0 Å². The molecule has 0 saturated carbocycles. The molecule has 20 heavy (non-hydrogen) atoms. The fourth-order valence-electron chi connectivity index (χ4n) is 1.50. The highest BCUT2D eigenvalue weighted by Crippen LogP contribution is 2.21. The number of carbonyl (C=O) groups is 1. The summed E-state index contributed by atoms with van der Waals surface area (Å²) in [5, 5.41) is 8.70. The van der Waals surface area contributed by atoms with E-state index >= 15 is 0 Å². The monoisotopic (exact) mass is 312 g/mol. The number of sulfonamides is 1. The van der Waals surface area contributed by atoms with E-state index in [0.29, 0.717) is 0 Å². The van der Waals surface area contributed by atoms with Crippen molar-refractivity contribution < 1.29 is 18.3 Å². The standard InChI is InChI=1S/C12H9ClN2O4S/c13-11-10(5-2-6-14-11)20(18,19)15-9-4-1-3-8(7-9)12(16)17/h1-7,15H,(H,16,17).